The van der Waals surface area contributed by atoms with Gasteiger partial charge >= 0.3 is 0 Å². The predicted molar refractivity (Wildman–Crippen MR) is 74.0 cm³/mol. The Labute approximate surface area is 111 Å². The Morgan fingerprint density at radius 2 is 2.06 bits per heavy atom. The lowest BCUT2D eigenvalue weighted by Gasteiger charge is -2.10. The van der Waals surface area contributed by atoms with Gasteiger partial charge in [0, 0.05) is 17.0 Å². The summed E-state index contributed by atoms with van der Waals surface area (Å²) in [4.78, 5) is 8.56. The molecule has 0 radical (unpaired) electrons. The van der Waals surface area contributed by atoms with Gasteiger partial charge in [0.2, 0.25) is 0 Å². The number of nitriles is 1. The number of para-hydroxylation sites is 1. The maximum Gasteiger partial charge on any atom is 0.126 e. The first kappa shape index (κ1) is 12.4. The van der Waals surface area contributed by atoms with Crippen LogP contribution in [0.1, 0.15) is 17.1 Å². The van der Waals surface area contributed by atoms with Gasteiger partial charge in [0.25, 0.3) is 0 Å². The Morgan fingerprint density at radius 3 is 2.67 bits per heavy atom. The van der Waals surface area contributed by atoms with E-state index in [4.69, 9.17) is 5.73 Å². The number of hydrogen-bond acceptors (Lipinski definition) is 5. The van der Waals surface area contributed by atoms with Crippen molar-refractivity contribution in [2.24, 2.45) is 0 Å². The third-order valence-electron chi connectivity index (χ3n) is 2.57. The maximum absolute atomic E-state index is 9.27. The molecule has 0 amide bonds. The minimum atomic E-state index is 0.395. The first-order valence-corrected chi connectivity index (χ1v) is 6.04. The zero-order valence-corrected chi connectivity index (χ0v) is 10.8. The molecule has 4 nitrogen and oxygen atoms in total. The Bertz CT molecular complexity index is 631. The van der Waals surface area contributed by atoms with Crippen molar-refractivity contribution in [3.63, 3.8) is 0 Å². The fraction of sp³-hybridized carbons (Fsp3) is 0.154. The van der Waals surface area contributed by atoms with Gasteiger partial charge in [0.1, 0.15) is 17.5 Å². The van der Waals surface area contributed by atoms with E-state index >= 15 is 0 Å². The van der Waals surface area contributed by atoms with Crippen LogP contribution in [0, 0.1) is 18.3 Å². The van der Waals surface area contributed by atoms with E-state index in [9.17, 15) is 5.26 Å². The molecule has 5 heteroatoms. The summed E-state index contributed by atoms with van der Waals surface area (Å²) in [5, 5.41) is 9.27. The van der Waals surface area contributed by atoms with Gasteiger partial charge in [-0.2, -0.15) is 17.9 Å². The lowest BCUT2D eigenvalue weighted by molar-refractivity contribution is 0.999. The van der Waals surface area contributed by atoms with Crippen LogP contribution in [0.15, 0.2) is 24.3 Å². The molecule has 2 N–H and O–H groups in total. The third kappa shape index (κ3) is 2.15. The molecular weight excluding hydrogens is 244 g/mol. The topological polar surface area (TPSA) is 75.6 Å². The van der Waals surface area contributed by atoms with E-state index in [1.54, 1.807) is 13.0 Å². The number of hydrogen-bond donors (Lipinski definition) is 2. The Hall–Kier alpha value is -2.06. The van der Waals surface area contributed by atoms with Crippen LogP contribution in [0.2, 0.25) is 0 Å². The SMILES string of the molecule is Cc1nc(CS)c(C#N)c(-c2ccccc2N)n1. The monoisotopic (exact) mass is 256 g/mol. The van der Waals surface area contributed by atoms with Crippen molar-refractivity contribution < 1.29 is 0 Å². The van der Waals surface area contributed by atoms with Crippen LogP contribution < -0.4 is 5.73 Å². The molecule has 0 aliphatic rings. The van der Waals surface area contributed by atoms with Gasteiger partial charge in [-0.05, 0) is 13.0 Å². The molecule has 1 aromatic heterocycles. The third-order valence-corrected chi connectivity index (χ3v) is 2.87. The normalized spacial score (nSPS) is 10.1. The Balaban J connectivity index is 2.76. The van der Waals surface area contributed by atoms with Crippen LogP contribution in [0.5, 0.6) is 0 Å². The highest BCUT2D eigenvalue weighted by molar-refractivity contribution is 7.79. The number of anilines is 1. The van der Waals surface area contributed by atoms with Crippen molar-refractivity contribution in [1.82, 2.24) is 9.97 Å². The molecule has 90 valence electrons. The summed E-state index contributed by atoms with van der Waals surface area (Å²) in [7, 11) is 0. The van der Waals surface area contributed by atoms with Gasteiger partial charge in [0.15, 0.2) is 0 Å². The molecule has 0 aliphatic heterocycles. The van der Waals surface area contributed by atoms with Gasteiger partial charge in [-0.25, -0.2) is 9.97 Å². The molecule has 0 unspecified atom stereocenters. The first-order valence-electron chi connectivity index (χ1n) is 5.40. The second-order valence-electron chi connectivity index (χ2n) is 3.80. The van der Waals surface area contributed by atoms with E-state index in [2.05, 4.69) is 28.7 Å². The van der Waals surface area contributed by atoms with E-state index in [1.165, 1.54) is 0 Å². The van der Waals surface area contributed by atoms with Crippen molar-refractivity contribution in [2.45, 2.75) is 12.7 Å². The molecule has 0 atom stereocenters. The smallest absolute Gasteiger partial charge is 0.126 e. The van der Waals surface area contributed by atoms with Gasteiger partial charge in [-0.3, -0.25) is 0 Å². The Morgan fingerprint density at radius 1 is 1.33 bits per heavy atom. The zero-order valence-electron chi connectivity index (χ0n) is 9.88. The summed E-state index contributed by atoms with van der Waals surface area (Å²) in [6, 6.07) is 9.48. The molecule has 18 heavy (non-hydrogen) atoms. The number of nitrogen functional groups attached to an aromatic ring is 1. The minimum absolute atomic E-state index is 0.395. The largest absolute Gasteiger partial charge is 0.398 e. The van der Waals surface area contributed by atoms with E-state index < -0.39 is 0 Å². The highest BCUT2D eigenvalue weighted by Gasteiger charge is 2.15. The van der Waals surface area contributed by atoms with Gasteiger partial charge in [-0.1, -0.05) is 18.2 Å². The molecule has 0 spiro atoms. The second kappa shape index (κ2) is 5.07. The van der Waals surface area contributed by atoms with Gasteiger partial charge in [0.05, 0.1) is 11.4 Å². The maximum atomic E-state index is 9.27. The number of rotatable bonds is 2. The number of aromatic nitrogens is 2. The number of aryl methyl sites for hydroxylation is 1. The average Bonchev–Trinajstić information content (AvgIpc) is 2.38. The summed E-state index contributed by atoms with van der Waals surface area (Å²) in [6.07, 6.45) is 0. The first-order chi connectivity index (χ1) is 8.67. The molecule has 1 aromatic carbocycles. The lowest BCUT2D eigenvalue weighted by atomic mass is 10.0. The number of thiol groups is 1. The summed E-state index contributed by atoms with van der Waals surface area (Å²) in [5.41, 5.74) is 8.92. The van der Waals surface area contributed by atoms with Crippen LogP contribution in [-0.2, 0) is 5.75 Å². The molecule has 0 fully saturated rings. The molecule has 0 aliphatic carbocycles. The van der Waals surface area contributed by atoms with Crippen LogP contribution >= 0.6 is 12.6 Å². The average molecular weight is 256 g/mol. The molecule has 0 saturated carbocycles. The van der Waals surface area contributed by atoms with E-state index in [1.807, 2.05) is 18.2 Å². The standard InChI is InChI=1S/C13H12N4S/c1-8-16-12(7-18)10(6-14)13(17-8)9-4-2-3-5-11(9)15/h2-5,18H,7,15H2,1H3. The fourth-order valence-electron chi connectivity index (χ4n) is 1.77. The van der Waals surface area contributed by atoms with Gasteiger partial charge < -0.3 is 5.73 Å². The van der Waals surface area contributed by atoms with Crippen LogP contribution in [0.4, 0.5) is 5.69 Å². The quantitative estimate of drug-likeness (QED) is 0.638. The van der Waals surface area contributed by atoms with E-state index in [0.717, 1.165) is 5.56 Å². The molecular formula is C13H12N4S. The highest BCUT2D eigenvalue weighted by Crippen LogP contribution is 2.28. The summed E-state index contributed by atoms with van der Waals surface area (Å²) in [6.45, 7) is 1.79. The molecule has 2 rings (SSSR count). The van der Waals surface area contributed by atoms with Crippen molar-refractivity contribution >= 4 is 18.3 Å². The van der Waals surface area contributed by atoms with Crippen molar-refractivity contribution in [1.29, 1.82) is 5.26 Å². The van der Waals surface area contributed by atoms with Crippen LogP contribution in [0.3, 0.4) is 0 Å². The van der Waals surface area contributed by atoms with Crippen LogP contribution in [0.25, 0.3) is 11.3 Å². The van der Waals surface area contributed by atoms with Gasteiger partial charge in [-0.15, -0.1) is 0 Å². The highest BCUT2D eigenvalue weighted by atomic mass is 32.1. The fourth-order valence-corrected chi connectivity index (χ4v) is 2.00. The van der Waals surface area contributed by atoms with Crippen molar-refractivity contribution in [3.05, 3.63) is 41.3 Å². The number of benzene rings is 1. The second-order valence-corrected chi connectivity index (χ2v) is 4.11. The minimum Gasteiger partial charge on any atom is -0.398 e. The van der Waals surface area contributed by atoms with E-state index in [0.29, 0.717) is 34.2 Å². The summed E-state index contributed by atoms with van der Waals surface area (Å²) in [5.74, 6) is 1.00. The summed E-state index contributed by atoms with van der Waals surface area (Å²) >= 11 is 4.19. The number of nitrogens with zero attached hydrogens (tertiary/aromatic N) is 3. The zero-order chi connectivity index (χ0) is 13.1. The van der Waals surface area contributed by atoms with Crippen molar-refractivity contribution in [3.8, 4) is 17.3 Å². The van der Waals surface area contributed by atoms with E-state index in [-0.39, 0.29) is 0 Å². The lowest BCUT2D eigenvalue weighted by Crippen LogP contribution is -2.03. The Kier molecular flexibility index (Phi) is 3.49. The summed E-state index contributed by atoms with van der Waals surface area (Å²) < 4.78 is 0. The molecule has 1 heterocycles. The molecule has 0 saturated heterocycles. The number of nitrogens with two attached hydrogens (primary N) is 1. The molecule has 0 bridgehead atoms. The molecule has 2 aromatic rings. The van der Waals surface area contributed by atoms with Crippen LogP contribution in [-0.4, -0.2) is 9.97 Å². The predicted octanol–water partition coefficient (Wildman–Crippen LogP) is 2.34. The van der Waals surface area contributed by atoms with Crippen molar-refractivity contribution in [2.75, 3.05) is 5.73 Å².